The Morgan fingerprint density at radius 2 is 1.70 bits per heavy atom. The number of amides is 1. The average molecular weight is 401 g/mol. The summed E-state index contributed by atoms with van der Waals surface area (Å²) in [7, 11) is 0. The molecule has 0 bridgehead atoms. The lowest BCUT2D eigenvalue weighted by Crippen LogP contribution is -2.15. The molecule has 30 heavy (non-hydrogen) atoms. The van der Waals surface area contributed by atoms with Gasteiger partial charge in [0.25, 0.3) is 5.91 Å². The van der Waals surface area contributed by atoms with E-state index < -0.39 is 0 Å². The van der Waals surface area contributed by atoms with Crippen molar-refractivity contribution in [2.75, 3.05) is 22.5 Å². The molecule has 8 heteroatoms. The predicted molar refractivity (Wildman–Crippen MR) is 119 cm³/mol. The molecule has 0 aliphatic carbocycles. The summed E-state index contributed by atoms with van der Waals surface area (Å²) in [5, 5.41) is 9.40. The number of aryl methyl sites for hydroxylation is 2. The van der Waals surface area contributed by atoms with Crippen LogP contribution in [0.25, 0.3) is 5.65 Å². The third-order valence-electron chi connectivity index (χ3n) is 4.53. The Morgan fingerprint density at radius 1 is 0.967 bits per heavy atom. The molecule has 3 heterocycles. The van der Waals surface area contributed by atoms with Gasteiger partial charge < -0.3 is 16.0 Å². The molecule has 1 amide bonds. The van der Waals surface area contributed by atoms with E-state index in [4.69, 9.17) is 0 Å². The second-order valence-electron chi connectivity index (χ2n) is 6.85. The number of carbonyl (C=O) groups excluding carboxylic acids is 1. The molecule has 0 radical (unpaired) electrons. The van der Waals surface area contributed by atoms with E-state index in [-0.39, 0.29) is 5.91 Å². The van der Waals surface area contributed by atoms with Crippen molar-refractivity contribution in [2.24, 2.45) is 0 Å². The lowest BCUT2D eigenvalue weighted by molar-refractivity contribution is 0.102. The summed E-state index contributed by atoms with van der Waals surface area (Å²) in [4.78, 5) is 26.0. The topological polar surface area (TPSA) is 96.2 Å². The summed E-state index contributed by atoms with van der Waals surface area (Å²) in [6.45, 7) is 6.50. The Balaban J connectivity index is 1.49. The number of hydrogen-bond acceptors (Lipinski definition) is 6. The number of imidazole rings is 1. The van der Waals surface area contributed by atoms with Crippen LogP contribution >= 0.6 is 0 Å². The summed E-state index contributed by atoms with van der Waals surface area (Å²) in [5.41, 5.74) is 3.52. The standard InChI is InChI=1S/C22H23N7O/c1-4-23-18-13-19(26-15(3)25-18)27-16-8-10-17(11-9-16)28-22(30)21-14(2)24-20-7-5-6-12-29(20)21/h5-13H,4H2,1-3H3,(H,28,30)(H2,23,25,26,27). The summed E-state index contributed by atoms with van der Waals surface area (Å²) in [6.07, 6.45) is 1.84. The van der Waals surface area contributed by atoms with Gasteiger partial charge in [-0.1, -0.05) is 6.07 Å². The monoisotopic (exact) mass is 401 g/mol. The van der Waals surface area contributed by atoms with E-state index in [1.807, 2.05) is 75.5 Å². The first kappa shape index (κ1) is 19.4. The Morgan fingerprint density at radius 3 is 2.47 bits per heavy atom. The zero-order valence-electron chi connectivity index (χ0n) is 17.1. The highest BCUT2D eigenvalue weighted by atomic mass is 16.2. The summed E-state index contributed by atoms with van der Waals surface area (Å²) >= 11 is 0. The van der Waals surface area contributed by atoms with E-state index in [1.54, 1.807) is 4.40 Å². The van der Waals surface area contributed by atoms with Gasteiger partial charge in [0.05, 0.1) is 5.69 Å². The van der Waals surface area contributed by atoms with Crippen LogP contribution in [0.5, 0.6) is 0 Å². The van der Waals surface area contributed by atoms with Crippen molar-refractivity contribution in [3.8, 4) is 0 Å². The SMILES string of the molecule is CCNc1cc(Nc2ccc(NC(=O)c3c(C)nc4ccccn34)cc2)nc(C)n1. The molecular weight excluding hydrogens is 378 g/mol. The van der Waals surface area contributed by atoms with Gasteiger partial charge in [-0.3, -0.25) is 9.20 Å². The van der Waals surface area contributed by atoms with Gasteiger partial charge in [0.2, 0.25) is 0 Å². The zero-order valence-corrected chi connectivity index (χ0v) is 17.1. The number of pyridine rings is 1. The number of rotatable bonds is 6. The number of hydrogen-bond donors (Lipinski definition) is 3. The van der Waals surface area contributed by atoms with E-state index in [1.165, 1.54) is 0 Å². The maximum atomic E-state index is 12.8. The maximum absolute atomic E-state index is 12.8. The zero-order chi connectivity index (χ0) is 21.1. The van der Waals surface area contributed by atoms with Crippen molar-refractivity contribution in [3.05, 3.63) is 71.9 Å². The fourth-order valence-electron chi connectivity index (χ4n) is 3.27. The molecule has 4 rings (SSSR count). The van der Waals surface area contributed by atoms with E-state index in [9.17, 15) is 4.79 Å². The Bertz CT molecular complexity index is 1200. The van der Waals surface area contributed by atoms with Crippen LogP contribution < -0.4 is 16.0 Å². The van der Waals surface area contributed by atoms with Crippen LogP contribution in [-0.2, 0) is 0 Å². The average Bonchev–Trinajstić information content (AvgIpc) is 3.05. The Labute approximate surface area is 174 Å². The summed E-state index contributed by atoms with van der Waals surface area (Å²) in [5.74, 6) is 1.97. The number of fused-ring (bicyclic) bond motifs is 1. The molecule has 0 aliphatic rings. The fraction of sp³-hybridized carbons (Fsp3) is 0.182. The van der Waals surface area contributed by atoms with Crippen LogP contribution in [0.1, 0.15) is 28.9 Å². The van der Waals surface area contributed by atoms with Gasteiger partial charge in [-0.15, -0.1) is 0 Å². The molecule has 8 nitrogen and oxygen atoms in total. The first-order valence-corrected chi connectivity index (χ1v) is 9.75. The lowest BCUT2D eigenvalue weighted by Gasteiger charge is -2.10. The van der Waals surface area contributed by atoms with E-state index in [2.05, 4.69) is 30.9 Å². The Kier molecular flexibility index (Phi) is 5.30. The van der Waals surface area contributed by atoms with Crippen molar-refractivity contribution in [2.45, 2.75) is 20.8 Å². The quantitative estimate of drug-likeness (QED) is 0.449. The van der Waals surface area contributed by atoms with Crippen LogP contribution in [0, 0.1) is 13.8 Å². The largest absolute Gasteiger partial charge is 0.370 e. The molecule has 3 N–H and O–H groups in total. The minimum absolute atomic E-state index is 0.200. The molecule has 0 spiro atoms. The third kappa shape index (κ3) is 4.07. The van der Waals surface area contributed by atoms with Crippen molar-refractivity contribution in [3.63, 3.8) is 0 Å². The molecule has 1 aromatic carbocycles. The summed E-state index contributed by atoms with van der Waals surface area (Å²) in [6, 6.07) is 15.0. The highest BCUT2D eigenvalue weighted by Crippen LogP contribution is 2.21. The van der Waals surface area contributed by atoms with Crippen LogP contribution in [0.3, 0.4) is 0 Å². The van der Waals surface area contributed by atoms with Crippen molar-refractivity contribution < 1.29 is 4.79 Å². The van der Waals surface area contributed by atoms with Crippen LogP contribution in [0.2, 0.25) is 0 Å². The second kappa shape index (κ2) is 8.20. The normalized spacial score (nSPS) is 10.8. The molecule has 0 saturated carbocycles. The lowest BCUT2D eigenvalue weighted by atomic mass is 10.2. The fourth-order valence-corrected chi connectivity index (χ4v) is 3.27. The molecule has 0 saturated heterocycles. The first-order chi connectivity index (χ1) is 14.5. The first-order valence-electron chi connectivity index (χ1n) is 9.75. The van der Waals surface area contributed by atoms with E-state index in [0.29, 0.717) is 28.7 Å². The molecule has 0 fully saturated rings. The molecule has 152 valence electrons. The molecular formula is C22H23N7O. The van der Waals surface area contributed by atoms with Crippen LogP contribution in [0.15, 0.2) is 54.7 Å². The molecule has 0 atom stereocenters. The van der Waals surface area contributed by atoms with Gasteiger partial charge in [0.1, 0.15) is 28.8 Å². The highest BCUT2D eigenvalue weighted by molar-refractivity contribution is 6.04. The van der Waals surface area contributed by atoms with Crippen molar-refractivity contribution in [1.82, 2.24) is 19.4 Å². The predicted octanol–water partition coefficient (Wildman–Crippen LogP) is 4.17. The number of benzene rings is 1. The van der Waals surface area contributed by atoms with Gasteiger partial charge >= 0.3 is 0 Å². The number of aromatic nitrogens is 4. The number of carbonyl (C=O) groups is 1. The van der Waals surface area contributed by atoms with Gasteiger partial charge in [-0.2, -0.15) is 0 Å². The molecule has 0 aliphatic heterocycles. The molecule has 0 unspecified atom stereocenters. The second-order valence-corrected chi connectivity index (χ2v) is 6.85. The number of anilines is 4. The van der Waals surface area contributed by atoms with Gasteiger partial charge in [0, 0.05) is 30.2 Å². The smallest absolute Gasteiger partial charge is 0.274 e. The number of nitrogens with zero attached hydrogens (tertiary/aromatic N) is 4. The van der Waals surface area contributed by atoms with E-state index in [0.717, 1.165) is 23.7 Å². The number of nitrogens with one attached hydrogen (secondary N) is 3. The van der Waals surface area contributed by atoms with Crippen molar-refractivity contribution in [1.29, 1.82) is 0 Å². The summed E-state index contributed by atoms with van der Waals surface area (Å²) < 4.78 is 1.79. The third-order valence-corrected chi connectivity index (χ3v) is 4.53. The molecule has 3 aromatic heterocycles. The minimum Gasteiger partial charge on any atom is -0.370 e. The van der Waals surface area contributed by atoms with Gasteiger partial charge in [-0.25, -0.2) is 15.0 Å². The minimum atomic E-state index is -0.200. The van der Waals surface area contributed by atoms with E-state index >= 15 is 0 Å². The maximum Gasteiger partial charge on any atom is 0.274 e. The molecule has 4 aromatic rings. The van der Waals surface area contributed by atoms with Crippen LogP contribution in [0.4, 0.5) is 23.0 Å². The Hall–Kier alpha value is -3.94. The van der Waals surface area contributed by atoms with Gasteiger partial charge in [-0.05, 0) is 57.2 Å². The van der Waals surface area contributed by atoms with Crippen molar-refractivity contribution >= 4 is 34.6 Å². The van der Waals surface area contributed by atoms with Crippen LogP contribution in [-0.4, -0.2) is 31.8 Å². The van der Waals surface area contributed by atoms with Gasteiger partial charge in [0.15, 0.2) is 0 Å². The highest BCUT2D eigenvalue weighted by Gasteiger charge is 2.16.